The molecule has 21 rings (SSSR count). The number of rotatable bonds is 21. The minimum atomic E-state index is -1.55. The molecule has 3 fully saturated rings. The quantitative estimate of drug-likeness (QED) is 0.0481. The molecule has 0 amide bonds. The standard InChI is InChI=1S/C34H26ClF3N2O4.C34H24F3N3O4.C33H26ClF2N3O4/c1-18(41)19-6-9-29-30(13-19)40(17-22-10-11-42-22)32(39-29)14-20-12-27(37)24(16-26(20)36)23-4-3-5-31-33(23)44-34(2,43-31)25-8-7-21(35)15-28(25)38;1-18(41)20-6-8-29-30(14-20)40(17-22-9-10-42-22)32(39-29)15-25-27(36)12-21(13-28(25)37)23-3-2-4-31-33(23)44-34(43-31)24-7-5-19(16-38)11-26(24)35;1-18(40)19-6-8-27-28(13-19)39(17-22-10-11-41-22)31(38-27)14-20-12-26(36)24(15-25(20)35)23-4-3-5-29-32(23)43-33(2,42-29)30-9-7-21(34)16-37-30/h3-9,12-13,15-16,22H,10-11,14,17H2,1-2H3;2-8,11-14,22,34H,9-10,15,17H2,1H3;3-9,12-13,15-16,22H,10-11,14,17H2,1-2H3/t2*22-,34?;22-,33?/m000/s1. The van der Waals surface area contributed by atoms with Gasteiger partial charge in [-0.25, -0.2) is 50.1 Å². The number of nitrogens with zero attached hydrogens (tertiary/aromatic N) is 8. The Morgan fingerprint density at radius 3 is 1.34 bits per heavy atom. The van der Waals surface area contributed by atoms with Crippen LogP contribution < -0.4 is 28.4 Å². The molecule has 0 bridgehead atoms. The molecule has 0 radical (unpaired) electrons. The van der Waals surface area contributed by atoms with Crippen LogP contribution in [0.2, 0.25) is 10.0 Å². The molecule has 662 valence electrons. The van der Waals surface area contributed by atoms with Crippen LogP contribution in [0.4, 0.5) is 35.1 Å². The number of halogens is 10. The number of para-hydroxylation sites is 3. The first-order chi connectivity index (χ1) is 63.1. The lowest BCUT2D eigenvalue weighted by molar-refractivity contribution is -0.0717. The minimum absolute atomic E-state index is 0.00255. The van der Waals surface area contributed by atoms with Gasteiger partial charge in [0.05, 0.1) is 98.8 Å². The lowest BCUT2D eigenvalue weighted by Gasteiger charge is -2.27. The third kappa shape index (κ3) is 16.9. The van der Waals surface area contributed by atoms with Crippen molar-refractivity contribution in [1.82, 2.24) is 33.6 Å². The van der Waals surface area contributed by atoms with E-state index in [9.17, 15) is 23.2 Å². The molecule has 4 aromatic heterocycles. The Bertz CT molecular complexity index is 7210. The number of ketones is 3. The van der Waals surface area contributed by atoms with Crippen molar-refractivity contribution in [3.63, 3.8) is 0 Å². The predicted molar refractivity (Wildman–Crippen MR) is 469 cm³/mol. The van der Waals surface area contributed by atoms with Crippen LogP contribution in [-0.4, -0.2) is 89.1 Å². The Morgan fingerprint density at radius 1 is 0.435 bits per heavy atom. The highest BCUT2D eigenvalue weighted by Gasteiger charge is 2.45. The largest absolute Gasteiger partial charge is 0.447 e. The first kappa shape index (κ1) is 86.6. The van der Waals surface area contributed by atoms with Crippen molar-refractivity contribution in [2.45, 2.75) is 129 Å². The second-order valence-electron chi connectivity index (χ2n) is 32.9. The molecule has 0 N–H and O–H groups in total. The number of Topliss-reactive ketones (excluding diaryl/α,β-unsaturated/α-hetero) is 3. The van der Waals surface area contributed by atoms with E-state index in [1.165, 1.54) is 75.5 Å². The highest BCUT2D eigenvalue weighted by Crippen LogP contribution is 2.53. The van der Waals surface area contributed by atoms with Gasteiger partial charge in [-0.3, -0.25) is 19.4 Å². The molecule has 0 spiro atoms. The average Bonchev–Trinajstić information content (AvgIpc) is 1.60. The molecule has 0 aliphatic carbocycles. The van der Waals surface area contributed by atoms with Crippen LogP contribution in [0.25, 0.3) is 66.5 Å². The first-order valence-electron chi connectivity index (χ1n) is 42.1. The molecule has 6 aliphatic heterocycles. The summed E-state index contributed by atoms with van der Waals surface area (Å²) in [5.41, 5.74) is 7.89. The Morgan fingerprint density at radius 2 is 0.893 bits per heavy atom. The van der Waals surface area contributed by atoms with E-state index in [0.29, 0.717) is 123 Å². The zero-order valence-corrected chi connectivity index (χ0v) is 72.1. The summed E-state index contributed by atoms with van der Waals surface area (Å²) < 4.78 is 183. The van der Waals surface area contributed by atoms with Gasteiger partial charge in [0.1, 0.15) is 69.7 Å². The summed E-state index contributed by atoms with van der Waals surface area (Å²) in [5.74, 6) is -5.25. The third-order valence-electron chi connectivity index (χ3n) is 24.2. The number of hydrogen-bond donors (Lipinski definition) is 0. The van der Waals surface area contributed by atoms with Crippen LogP contribution in [0.15, 0.2) is 200 Å². The molecule has 3 unspecified atom stereocenters. The number of hydrogen-bond acceptors (Lipinski definition) is 17. The molecular weight excluding hydrogens is 1740 g/mol. The Hall–Kier alpha value is -13.8. The Balaban J connectivity index is 0.000000127. The molecule has 30 heteroatoms. The number of aromatic nitrogens is 7. The van der Waals surface area contributed by atoms with Gasteiger partial charge in [0.2, 0.25) is 0 Å². The average molecular weight is 1820 g/mol. The fourth-order valence-corrected chi connectivity index (χ4v) is 17.2. The van der Waals surface area contributed by atoms with Crippen LogP contribution in [-0.2, 0) is 64.7 Å². The Labute approximate surface area is 753 Å². The second-order valence-corrected chi connectivity index (χ2v) is 33.8. The van der Waals surface area contributed by atoms with E-state index in [4.69, 9.17) is 81.1 Å². The van der Waals surface area contributed by atoms with Gasteiger partial charge in [-0.05, 0) is 214 Å². The van der Waals surface area contributed by atoms with Crippen molar-refractivity contribution in [3.05, 3.63) is 330 Å². The number of imidazole rings is 3. The van der Waals surface area contributed by atoms with Gasteiger partial charge in [-0.15, -0.1) is 0 Å². The maximum atomic E-state index is 15.8. The fraction of sp³-hybridized carbons (Fsp3) is 0.228. The van der Waals surface area contributed by atoms with Gasteiger partial charge in [0.15, 0.2) is 51.8 Å². The summed E-state index contributed by atoms with van der Waals surface area (Å²) in [7, 11) is 0. The number of carbonyl (C=O) groups is 3. The molecule has 6 aliphatic rings. The maximum Gasteiger partial charge on any atom is 0.292 e. The summed E-state index contributed by atoms with van der Waals surface area (Å²) in [6.07, 6.45) is 2.84. The molecule has 131 heavy (non-hydrogen) atoms. The molecule has 20 nitrogen and oxygen atoms in total. The molecule has 11 aromatic carbocycles. The van der Waals surface area contributed by atoms with E-state index in [0.717, 1.165) is 54.6 Å². The van der Waals surface area contributed by atoms with Crippen molar-refractivity contribution in [1.29, 1.82) is 5.26 Å². The third-order valence-corrected chi connectivity index (χ3v) is 24.6. The van der Waals surface area contributed by atoms with Crippen molar-refractivity contribution in [2.24, 2.45) is 0 Å². The van der Waals surface area contributed by atoms with Crippen LogP contribution in [0.3, 0.4) is 0 Å². The SMILES string of the molecule is CC(=O)c1ccc2nc(Cc3c(F)cc(-c4cccc5c4OC(c4ccc(C#N)cc4F)O5)cc3F)n(C[C@@H]3CCO3)c2c1.CC(=O)c1ccc2nc(Cc3cc(F)c(-c4cccc5c4OC(C)(c4ccc(Cl)cc4F)O5)cc3F)n(C[C@@H]3CCO3)c2c1.CC(=O)c1ccc2nc(Cc3cc(F)c(-c4cccc5c4OC(C)(c4ccc(Cl)cn4)O5)cc3F)n(C[C@@H]3CCO3)c2c1. The number of nitriles is 1. The lowest BCUT2D eigenvalue weighted by Crippen LogP contribution is -2.32. The summed E-state index contributed by atoms with van der Waals surface area (Å²) in [5, 5.41) is 9.72. The normalized spacial score (nSPS) is 18.3. The predicted octanol–water partition coefficient (Wildman–Crippen LogP) is 22.3. The van der Waals surface area contributed by atoms with Crippen LogP contribution in [0.1, 0.15) is 148 Å². The van der Waals surface area contributed by atoms with Crippen molar-refractivity contribution in [2.75, 3.05) is 19.8 Å². The van der Waals surface area contributed by atoms with E-state index in [2.05, 4.69) is 9.97 Å². The molecule has 6 atom stereocenters. The minimum Gasteiger partial charge on any atom is -0.447 e. The number of pyridine rings is 1. The van der Waals surface area contributed by atoms with E-state index in [1.807, 2.05) is 19.8 Å². The van der Waals surface area contributed by atoms with Gasteiger partial charge < -0.3 is 56.3 Å². The zero-order valence-electron chi connectivity index (χ0n) is 70.6. The van der Waals surface area contributed by atoms with Gasteiger partial charge in [-0.2, -0.15) is 5.26 Å². The van der Waals surface area contributed by atoms with Gasteiger partial charge in [0, 0.05) is 114 Å². The van der Waals surface area contributed by atoms with Gasteiger partial charge in [-0.1, -0.05) is 59.6 Å². The smallest absolute Gasteiger partial charge is 0.292 e. The molecule has 0 saturated carbocycles. The summed E-state index contributed by atoms with van der Waals surface area (Å²) in [6, 6.07) is 50.9. The number of benzene rings is 11. The molecule has 15 aromatic rings. The second kappa shape index (κ2) is 34.9. The van der Waals surface area contributed by atoms with Crippen LogP contribution in [0, 0.1) is 57.9 Å². The fourth-order valence-electron chi connectivity index (χ4n) is 16.9. The maximum absolute atomic E-state index is 15.8. The van der Waals surface area contributed by atoms with Gasteiger partial charge in [0.25, 0.3) is 17.9 Å². The number of carbonyl (C=O) groups excluding carboxylic acids is 3. The topological polar surface area (TPSA) is 224 Å². The lowest BCUT2D eigenvalue weighted by atomic mass is 10.00. The Kier molecular flexibility index (Phi) is 23.1. The molecule has 3 saturated heterocycles. The first-order valence-corrected chi connectivity index (χ1v) is 42.9. The molecular formula is C101H76Cl2F8N8O12. The van der Waals surface area contributed by atoms with E-state index in [1.54, 1.807) is 135 Å². The summed E-state index contributed by atoms with van der Waals surface area (Å²) in [6.45, 7) is 11.2. The monoisotopic (exact) mass is 1810 g/mol. The van der Waals surface area contributed by atoms with Crippen LogP contribution in [0.5, 0.6) is 34.5 Å². The van der Waals surface area contributed by atoms with Gasteiger partial charge >= 0.3 is 0 Å². The summed E-state index contributed by atoms with van der Waals surface area (Å²) in [4.78, 5) is 54.5. The van der Waals surface area contributed by atoms with E-state index < -0.39 is 64.4 Å². The highest BCUT2D eigenvalue weighted by atomic mass is 35.5. The van der Waals surface area contributed by atoms with Crippen molar-refractivity contribution >= 4 is 73.7 Å². The van der Waals surface area contributed by atoms with E-state index >= 15 is 26.3 Å². The van der Waals surface area contributed by atoms with Crippen molar-refractivity contribution in [3.8, 4) is 73.9 Å². The van der Waals surface area contributed by atoms with Crippen molar-refractivity contribution < 1.29 is 92.1 Å². The molecule has 10 heterocycles. The van der Waals surface area contributed by atoms with Crippen LogP contribution >= 0.6 is 23.2 Å². The summed E-state index contributed by atoms with van der Waals surface area (Å²) >= 11 is 11.9. The highest BCUT2D eigenvalue weighted by molar-refractivity contribution is 6.30. The van der Waals surface area contributed by atoms with E-state index in [-0.39, 0.29) is 144 Å². The number of fused-ring (bicyclic) bond motifs is 6. The number of ether oxygens (including phenoxy) is 9. The zero-order chi connectivity index (χ0) is 91.2.